The summed E-state index contributed by atoms with van der Waals surface area (Å²) in [5.74, 6) is -0.213. The summed E-state index contributed by atoms with van der Waals surface area (Å²) < 4.78 is 21.1. The molecule has 0 aliphatic rings. The number of H-pyrrole nitrogens is 1. The number of pyridine rings is 1. The van der Waals surface area contributed by atoms with E-state index in [1.54, 1.807) is 40.2 Å². The molecule has 0 saturated heterocycles. The van der Waals surface area contributed by atoms with Crippen LogP contribution in [-0.4, -0.2) is 38.3 Å². The van der Waals surface area contributed by atoms with Crippen molar-refractivity contribution < 1.29 is 13.9 Å². The van der Waals surface area contributed by atoms with Gasteiger partial charge in [0.1, 0.15) is 22.6 Å². The van der Waals surface area contributed by atoms with Gasteiger partial charge in [-0.15, -0.1) is 0 Å². The minimum absolute atomic E-state index is 0.0554. The van der Waals surface area contributed by atoms with Crippen LogP contribution in [0.5, 0.6) is 0 Å². The number of aromatic nitrogens is 4. The zero-order valence-corrected chi connectivity index (χ0v) is 17.8. The van der Waals surface area contributed by atoms with Crippen LogP contribution in [0, 0.1) is 12.4 Å². The molecule has 1 amide bonds. The summed E-state index contributed by atoms with van der Waals surface area (Å²) in [4.78, 5) is 29.5. The summed E-state index contributed by atoms with van der Waals surface area (Å²) in [6.45, 7) is 12.5. The molecule has 0 aliphatic heterocycles. The SMILES string of the molecule is [C-]#[N+]c1cc(-c2cc3c(nc(N(C)C(=O)OC(C)(C)C)c4ncn(C)c43)[nH]2)ccc1F. The number of ether oxygens (including phenoxy) is 1. The Kier molecular flexibility index (Phi) is 4.65. The Morgan fingerprint density at radius 1 is 1.32 bits per heavy atom. The van der Waals surface area contributed by atoms with Crippen molar-refractivity contribution >= 4 is 39.7 Å². The number of hydrogen-bond acceptors (Lipinski definition) is 4. The highest BCUT2D eigenvalue weighted by atomic mass is 19.1. The van der Waals surface area contributed by atoms with Crippen LogP contribution >= 0.6 is 0 Å². The highest BCUT2D eigenvalue weighted by molar-refractivity contribution is 6.09. The number of hydrogen-bond donors (Lipinski definition) is 1. The van der Waals surface area contributed by atoms with E-state index in [-0.39, 0.29) is 5.69 Å². The number of aryl methyl sites for hydroxylation is 1. The van der Waals surface area contributed by atoms with Crippen LogP contribution in [0.2, 0.25) is 0 Å². The van der Waals surface area contributed by atoms with Crippen LogP contribution in [0.1, 0.15) is 20.8 Å². The first-order chi connectivity index (χ1) is 14.6. The number of benzene rings is 1. The van der Waals surface area contributed by atoms with Crippen molar-refractivity contribution in [1.82, 2.24) is 19.5 Å². The molecule has 1 N–H and O–H groups in total. The monoisotopic (exact) mass is 420 g/mol. The van der Waals surface area contributed by atoms with Crippen molar-refractivity contribution in [3.63, 3.8) is 0 Å². The van der Waals surface area contributed by atoms with Crippen molar-refractivity contribution in [2.75, 3.05) is 11.9 Å². The predicted octanol–water partition coefficient (Wildman–Crippen LogP) is 5.18. The van der Waals surface area contributed by atoms with Crippen LogP contribution < -0.4 is 4.90 Å². The second-order valence-corrected chi connectivity index (χ2v) is 8.25. The molecule has 4 rings (SSSR count). The van der Waals surface area contributed by atoms with Gasteiger partial charge in [0.05, 0.1) is 18.4 Å². The molecule has 0 radical (unpaired) electrons. The van der Waals surface area contributed by atoms with Crippen molar-refractivity contribution in [3.8, 4) is 11.3 Å². The van der Waals surface area contributed by atoms with E-state index in [9.17, 15) is 9.18 Å². The Hall–Kier alpha value is -3.93. The summed E-state index contributed by atoms with van der Waals surface area (Å²) >= 11 is 0. The van der Waals surface area contributed by atoms with E-state index >= 15 is 0 Å². The van der Waals surface area contributed by atoms with Crippen LogP contribution in [0.3, 0.4) is 0 Å². The Bertz CT molecular complexity index is 1370. The van der Waals surface area contributed by atoms with Gasteiger partial charge in [-0.3, -0.25) is 4.90 Å². The third-order valence-electron chi connectivity index (χ3n) is 4.78. The molecule has 3 heterocycles. The second kappa shape index (κ2) is 7.09. The molecule has 0 saturated carbocycles. The number of imidazole rings is 1. The number of carbonyl (C=O) groups is 1. The van der Waals surface area contributed by atoms with Gasteiger partial charge in [0, 0.05) is 25.2 Å². The Morgan fingerprint density at radius 2 is 2.06 bits per heavy atom. The van der Waals surface area contributed by atoms with Crippen LogP contribution in [0.25, 0.3) is 38.2 Å². The lowest BCUT2D eigenvalue weighted by molar-refractivity contribution is 0.0588. The van der Waals surface area contributed by atoms with Crippen molar-refractivity contribution in [1.29, 1.82) is 0 Å². The number of halogens is 1. The Morgan fingerprint density at radius 3 is 2.74 bits per heavy atom. The standard InChI is InChI=1S/C22H21FN6O2/c1-22(2,3)31-21(30)29(6)20-17-18(28(5)11-25-17)13-10-15(26-19(13)27-20)12-7-8-14(23)16(9-12)24-4/h7-11H,1-3,5-6H3,(H,26,27). The number of fused-ring (bicyclic) bond motifs is 3. The minimum Gasteiger partial charge on any atom is -0.443 e. The quantitative estimate of drug-likeness (QED) is 0.453. The number of nitrogens with zero attached hydrogens (tertiary/aromatic N) is 5. The lowest BCUT2D eigenvalue weighted by atomic mass is 10.1. The third kappa shape index (κ3) is 3.57. The molecule has 4 aromatic rings. The summed E-state index contributed by atoms with van der Waals surface area (Å²) in [6, 6.07) is 6.23. The van der Waals surface area contributed by atoms with E-state index < -0.39 is 17.5 Å². The van der Waals surface area contributed by atoms with Gasteiger partial charge in [-0.05, 0) is 44.5 Å². The fourth-order valence-corrected chi connectivity index (χ4v) is 3.35. The molecular weight excluding hydrogens is 399 g/mol. The molecule has 1 aromatic carbocycles. The largest absolute Gasteiger partial charge is 0.443 e. The number of aromatic amines is 1. The number of rotatable bonds is 2. The topological polar surface area (TPSA) is 80.4 Å². The fraction of sp³-hybridized carbons (Fsp3) is 0.273. The van der Waals surface area contributed by atoms with Crippen molar-refractivity contribution in [2.45, 2.75) is 26.4 Å². The molecule has 9 heteroatoms. The smallest absolute Gasteiger partial charge is 0.415 e. The number of anilines is 1. The van der Waals surface area contributed by atoms with Gasteiger partial charge >= 0.3 is 6.09 Å². The summed E-state index contributed by atoms with van der Waals surface area (Å²) in [5.41, 5.74) is 2.49. The van der Waals surface area contributed by atoms with Gasteiger partial charge in [-0.25, -0.2) is 24.0 Å². The maximum absolute atomic E-state index is 13.7. The van der Waals surface area contributed by atoms with Gasteiger partial charge in [-0.2, -0.15) is 0 Å². The predicted molar refractivity (Wildman–Crippen MR) is 117 cm³/mol. The van der Waals surface area contributed by atoms with Gasteiger partial charge in [-0.1, -0.05) is 6.07 Å². The summed E-state index contributed by atoms with van der Waals surface area (Å²) in [7, 11) is 3.44. The molecule has 158 valence electrons. The average Bonchev–Trinajstić information content (AvgIpc) is 3.29. The van der Waals surface area contributed by atoms with Gasteiger partial charge in [0.25, 0.3) is 0 Å². The highest BCUT2D eigenvalue weighted by Crippen LogP contribution is 2.34. The summed E-state index contributed by atoms with van der Waals surface area (Å²) in [6.07, 6.45) is 1.11. The summed E-state index contributed by atoms with van der Waals surface area (Å²) in [5, 5.41) is 0.792. The Labute approximate surface area is 178 Å². The lowest BCUT2D eigenvalue weighted by Gasteiger charge is -2.24. The van der Waals surface area contributed by atoms with E-state index in [1.165, 1.54) is 17.0 Å². The first kappa shape index (κ1) is 20.3. The molecule has 0 bridgehead atoms. The molecule has 8 nitrogen and oxygen atoms in total. The average molecular weight is 420 g/mol. The van der Waals surface area contributed by atoms with Crippen LogP contribution in [0.4, 0.5) is 20.7 Å². The second-order valence-electron chi connectivity index (χ2n) is 8.25. The van der Waals surface area contributed by atoms with Crippen LogP contribution in [0.15, 0.2) is 30.6 Å². The zero-order valence-electron chi connectivity index (χ0n) is 17.8. The van der Waals surface area contributed by atoms with E-state index in [2.05, 4.69) is 19.8 Å². The first-order valence-electron chi connectivity index (χ1n) is 9.57. The lowest BCUT2D eigenvalue weighted by Crippen LogP contribution is -2.34. The van der Waals surface area contributed by atoms with Crippen LogP contribution in [-0.2, 0) is 11.8 Å². The van der Waals surface area contributed by atoms with E-state index in [0.717, 1.165) is 10.9 Å². The number of amides is 1. The van der Waals surface area contributed by atoms with E-state index in [1.807, 2.05) is 17.7 Å². The normalized spacial score (nSPS) is 11.6. The Balaban J connectivity index is 1.89. The van der Waals surface area contributed by atoms with E-state index in [0.29, 0.717) is 28.2 Å². The number of nitrogens with one attached hydrogen (secondary N) is 1. The van der Waals surface area contributed by atoms with Crippen molar-refractivity contribution in [2.24, 2.45) is 7.05 Å². The molecule has 0 fully saturated rings. The fourth-order valence-electron chi connectivity index (χ4n) is 3.35. The molecule has 0 spiro atoms. The van der Waals surface area contributed by atoms with Gasteiger partial charge in [0.2, 0.25) is 5.69 Å². The maximum atomic E-state index is 13.7. The van der Waals surface area contributed by atoms with E-state index in [4.69, 9.17) is 11.3 Å². The third-order valence-corrected chi connectivity index (χ3v) is 4.78. The molecule has 0 atom stereocenters. The minimum atomic E-state index is -0.651. The van der Waals surface area contributed by atoms with Crippen molar-refractivity contribution in [3.05, 3.63) is 47.8 Å². The van der Waals surface area contributed by atoms with Gasteiger partial charge < -0.3 is 14.3 Å². The maximum Gasteiger partial charge on any atom is 0.415 e. The number of carbonyl (C=O) groups excluding carboxylic acids is 1. The zero-order chi connectivity index (χ0) is 22.5. The highest BCUT2D eigenvalue weighted by Gasteiger charge is 2.25. The molecule has 31 heavy (non-hydrogen) atoms. The molecule has 0 aliphatic carbocycles. The first-order valence-corrected chi connectivity index (χ1v) is 9.57. The molecule has 0 unspecified atom stereocenters. The van der Waals surface area contributed by atoms with Gasteiger partial charge in [0.15, 0.2) is 5.82 Å². The molecular formula is C22H21FN6O2. The molecule has 3 aromatic heterocycles.